The van der Waals surface area contributed by atoms with Crippen molar-refractivity contribution in [2.24, 2.45) is 0 Å². The summed E-state index contributed by atoms with van der Waals surface area (Å²) in [6.45, 7) is 7.10. The molecule has 1 saturated carbocycles. The second-order valence-corrected chi connectivity index (χ2v) is 7.95. The number of anilines is 1. The van der Waals surface area contributed by atoms with Crippen molar-refractivity contribution in [2.75, 3.05) is 25.5 Å². The second kappa shape index (κ2) is 8.37. The topological polar surface area (TPSA) is 94.0 Å². The molecule has 2 N–H and O–H groups in total. The van der Waals surface area contributed by atoms with E-state index in [1.807, 2.05) is 57.2 Å². The van der Waals surface area contributed by atoms with Crippen molar-refractivity contribution in [3.05, 3.63) is 58.9 Å². The zero-order chi connectivity index (χ0) is 22.0. The average molecular weight is 421 g/mol. The highest BCUT2D eigenvalue weighted by atomic mass is 16.5. The molecular formula is C23H28N6O2. The van der Waals surface area contributed by atoms with Crippen LogP contribution in [0, 0.1) is 20.8 Å². The lowest BCUT2D eigenvalue weighted by molar-refractivity contribution is -0.123. The molecule has 2 aromatic heterocycles. The lowest BCUT2D eigenvalue weighted by atomic mass is 9.94. The van der Waals surface area contributed by atoms with Crippen LogP contribution in [0.4, 0.5) is 5.82 Å². The van der Waals surface area contributed by atoms with Crippen LogP contribution in [0.1, 0.15) is 35.4 Å². The molecule has 0 saturated heterocycles. The van der Waals surface area contributed by atoms with Gasteiger partial charge in [0.2, 0.25) is 5.91 Å². The molecule has 1 aromatic carbocycles. The number of aromatic nitrogens is 4. The summed E-state index contributed by atoms with van der Waals surface area (Å²) in [5, 5.41) is 19.3. The Balaban J connectivity index is 1.31. The number of ether oxygens (including phenoxy) is 1. The fraction of sp³-hybridized carbons (Fsp3) is 0.391. The van der Waals surface area contributed by atoms with Crippen LogP contribution in [0.3, 0.4) is 0 Å². The molecule has 3 aromatic rings. The molecule has 1 aliphatic carbocycles. The minimum absolute atomic E-state index is 0.0418. The summed E-state index contributed by atoms with van der Waals surface area (Å²) < 4.78 is 7.25. The Morgan fingerprint density at radius 1 is 1.10 bits per heavy atom. The van der Waals surface area contributed by atoms with E-state index in [1.165, 1.54) is 0 Å². The van der Waals surface area contributed by atoms with E-state index in [0.717, 1.165) is 41.1 Å². The van der Waals surface area contributed by atoms with Crippen LogP contribution >= 0.6 is 0 Å². The Kier molecular flexibility index (Phi) is 5.63. The first kappa shape index (κ1) is 20.8. The number of aryl methyl sites for hydroxylation is 1. The average Bonchev–Trinajstić information content (AvgIpc) is 3.57. The molecule has 2 heterocycles. The third-order valence-corrected chi connectivity index (χ3v) is 6.04. The number of nitrogens with one attached hydrogen (secondary N) is 2. The predicted molar refractivity (Wildman–Crippen MR) is 119 cm³/mol. The van der Waals surface area contributed by atoms with Crippen molar-refractivity contribution < 1.29 is 9.53 Å². The molecule has 31 heavy (non-hydrogen) atoms. The van der Waals surface area contributed by atoms with Gasteiger partial charge < -0.3 is 15.4 Å². The molecule has 8 nitrogen and oxygen atoms in total. The number of hydrogen-bond acceptors (Lipinski definition) is 6. The number of nitrogens with zero attached hydrogens (tertiary/aromatic N) is 4. The van der Waals surface area contributed by atoms with Gasteiger partial charge in [-0.3, -0.25) is 4.79 Å². The SMILES string of the molecule is COc1ccccc1C1(C(=O)NCCNc2ccc(-n3nc(C)c(C)c3C)nn2)CC1. The van der Waals surface area contributed by atoms with Crippen molar-refractivity contribution in [1.29, 1.82) is 0 Å². The van der Waals surface area contributed by atoms with Crippen LogP contribution in [0.15, 0.2) is 36.4 Å². The number of carbonyl (C=O) groups excluding carboxylic acids is 1. The molecule has 4 rings (SSSR count). The van der Waals surface area contributed by atoms with Crippen LogP contribution < -0.4 is 15.4 Å². The highest BCUT2D eigenvalue weighted by molar-refractivity contribution is 5.92. The molecule has 0 spiro atoms. The van der Waals surface area contributed by atoms with Gasteiger partial charge in [0.05, 0.1) is 18.2 Å². The third kappa shape index (κ3) is 3.97. The Hall–Kier alpha value is -3.42. The number of methoxy groups -OCH3 is 1. The van der Waals surface area contributed by atoms with E-state index in [0.29, 0.717) is 24.7 Å². The molecule has 1 fully saturated rings. The maximum Gasteiger partial charge on any atom is 0.230 e. The zero-order valence-corrected chi connectivity index (χ0v) is 18.4. The van der Waals surface area contributed by atoms with Crippen molar-refractivity contribution in [3.8, 4) is 11.6 Å². The molecule has 8 heteroatoms. The van der Waals surface area contributed by atoms with E-state index < -0.39 is 5.41 Å². The van der Waals surface area contributed by atoms with Crippen LogP contribution in [-0.2, 0) is 10.2 Å². The van der Waals surface area contributed by atoms with Gasteiger partial charge in [0, 0.05) is 24.3 Å². The van der Waals surface area contributed by atoms with Gasteiger partial charge in [0.1, 0.15) is 11.6 Å². The fourth-order valence-corrected chi connectivity index (χ4v) is 3.80. The number of hydrogen-bond donors (Lipinski definition) is 2. The number of amides is 1. The largest absolute Gasteiger partial charge is 0.496 e. The normalized spacial score (nSPS) is 14.2. The third-order valence-electron chi connectivity index (χ3n) is 6.04. The van der Waals surface area contributed by atoms with Gasteiger partial charge in [0.15, 0.2) is 5.82 Å². The van der Waals surface area contributed by atoms with E-state index in [4.69, 9.17) is 4.74 Å². The Labute approximate surface area is 182 Å². The first-order chi connectivity index (χ1) is 15.0. The quantitative estimate of drug-likeness (QED) is 0.544. The summed E-state index contributed by atoms with van der Waals surface area (Å²) in [6, 6.07) is 11.5. The smallest absolute Gasteiger partial charge is 0.230 e. The molecule has 1 aliphatic rings. The van der Waals surface area contributed by atoms with Crippen LogP contribution in [0.25, 0.3) is 5.82 Å². The standard InChI is InChI=1S/C23H28N6O2/c1-15-16(2)28-29(17(15)3)21-10-9-20(26-27-21)24-13-14-25-22(30)23(11-12-23)18-7-5-6-8-19(18)31-4/h5-10H,11-14H2,1-4H3,(H,24,26)(H,25,30). The van der Waals surface area contributed by atoms with Crippen LogP contribution in [0.5, 0.6) is 5.75 Å². The van der Waals surface area contributed by atoms with E-state index in [9.17, 15) is 4.79 Å². The first-order valence-electron chi connectivity index (χ1n) is 10.5. The highest BCUT2D eigenvalue weighted by Gasteiger charge is 2.52. The van der Waals surface area contributed by atoms with E-state index >= 15 is 0 Å². The lowest BCUT2D eigenvalue weighted by Crippen LogP contribution is -2.37. The van der Waals surface area contributed by atoms with Crippen molar-refractivity contribution in [2.45, 2.75) is 39.0 Å². The molecule has 0 radical (unpaired) electrons. The Morgan fingerprint density at radius 3 is 2.48 bits per heavy atom. The second-order valence-electron chi connectivity index (χ2n) is 7.95. The van der Waals surface area contributed by atoms with Crippen LogP contribution in [-0.4, -0.2) is 46.1 Å². The summed E-state index contributed by atoms with van der Waals surface area (Å²) in [4.78, 5) is 12.8. The van der Waals surface area contributed by atoms with Gasteiger partial charge >= 0.3 is 0 Å². The summed E-state index contributed by atoms with van der Waals surface area (Å²) in [5.74, 6) is 2.14. The summed E-state index contributed by atoms with van der Waals surface area (Å²) >= 11 is 0. The minimum Gasteiger partial charge on any atom is -0.496 e. The molecule has 1 amide bonds. The van der Waals surface area contributed by atoms with Gasteiger partial charge in [-0.25, -0.2) is 4.68 Å². The molecule has 0 bridgehead atoms. The monoisotopic (exact) mass is 420 g/mol. The van der Waals surface area contributed by atoms with E-state index in [-0.39, 0.29) is 5.91 Å². The Bertz CT molecular complexity index is 1090. The number of para-hydroxylation sites is 1. The van der Waals surface area contributed by atoms with Gasteiger partial charge in [0.25, 0.3) is 0 Å². The molecule has 162 valence electrons. The lowest BCUT2D eigenvalue weighted by Gasteiger charge is -2.18. The Morgan fingerprint density at radius 2 is 1.87 bits per heavy atom. The number of rotatable bonds is 8. The van der Waals surface area contributed by atoms with Crippen molar-refractivity contribution in [3.63, 3.8) is 0 Å². The highest BCUT2D eigenvalue weighted by Crippen LogP contribution is 2.51. The van der Waals surface area contributed by atoms with Crippen LogP contribution in [0.2, 0.25) is 0 Å². The number of benzene rings is 1. The maximum absolute atomic E-state index is 12.8. The van der Waals surface area contributed by atoms with E-state index in [2.05, 4.69) is 25.9 Å². The predicted octanol–water partition coefficient (Wildman–Crippen LogP) is 2.86. The molecule has 0 unspecified atom stereocenters. The van der Waals surface area contributed by atoms with E-state index in [1.54, 1.807) is 11.8 Å². The first-order valence-corrected chi connectivity index (χ1v) is 10.5. The molecule has 0 atom stereocenters. The fourth-order valence-electron chi connectivity index (χ4n) is 3.80. The number of carbonyl (C=O) groups is 1. The summed E-state index contributed by atoms with van der Waals surface area (Å²) in [7, 11) is 1.64. The zero-order valence-electron chi connectivity index (χ0n) is 18.4. The summed E-state index contributed by atoms with van der Waals surface area (Å²) in [5.41, 5.74) is 3.69. The van der Waals surface area contributed by atoms with Crippen molar-refractivity contribution in [1.82, 2.24) is 25.3 Å². The van der Waals surface area contributed by atoms with Gasteiger partial charge in [-0.05, 0) is 57.4 Å². The minimum atomic E-state index is -0.466. The van der Waals surface area contributed by atoms with Gasteiger partial charge in [-0.15, -0.1) is 10.2 Å². The summed E-state index contributed by atoms with van der Waals surface area (Å²) in [6.07, 6.45) is 1.68. The maximum atomic E-state index is 12.8. The molecular weight excluding hydrogens is 392 g/mol. The van der Waals surface area contributed by atoms with Gasteiger partial charge in [-0.2, -0.15) is 5.10 Å². The van der Waals surface area contributed by atoms with Crippen molar-refractivity contribution >= 4 is 11.7 Å². The van der Waals surface area contributed by atoms with Gasteiger partial charge in [-0.1, -0.05) is 18.2 Å². The molecule has 0 aliphatic heterocycles.